The Balaban J connectivity index is 2.31. The smallest absolute Gasteiger partial charge is 0.147 e. The summed E-state index contributed by atoms with van der Waals surface area (Å²) in [4.78, 5) is 12.9. The quantitative estimate of drug-likeness (QED) is 0.749. The van der Waals surface area contributed by atoms with E-state index >= 15 is 0 Å². The second-order valence-corrected chi connectivity index (χ2v) is 5.24. The number of rotatable bonds is 6. The lowest BCUT2D eigenvalue weighted by Crippen LogP contribution is -2.36. The molecule has 0 aliphatic rings. The maximum Gasteiger partial charge on any atom is 0.147 e. The molecule has 0 N–H and O–H groups in total. The van der Waals surface area contributed by atoms with Crippen molar-refractivity contribution in [3.8, 4) is 0 Å². The molecule has 0 aromatic heterocycles. The Labute approximate surface area is 121 Å². The van der Waals surface area contributed by atoms with Crippen LogP contribution in [0.15, 0.2) is 60.7 Å². The van der Waals surface area contributed by atoms with Crippen LogP contribution in [0.5, 0.6) is 0 Å². The molecule has 0 spiro atoms. The average molecular weight is 266 g/mol. The van der Waals surface area contributed by atoms with E-state index in [1.807, 2.05) is 48.5 Å². The molecule has 0 unspecified atom stereocenters. The highest BCUT2D eigenvalue weighted by atomic mass is 16.1. The lowest BCUT2D eigenvalue weighted by molar-refractivity contribution is -0.124. The molecule has 0 saturated carbocycles. The van der Waals surface area contributed by atoms with Crippen LogP contribution in [0, 0.1) is 0 Å². The molecule has 0 aliphatic heterocycles. The maximum absolute atomic E-state index is 12.9. The first-order valence-electron chi connectivity index (χ1n) is 7.35. The standard InChI is InChI=1S/C19H22O/c1-3-19(4-2,17-13-9-6-10-14-17)18(20)15-16-11-7-5-8-12-16/h5-14H,3-4,15H2,1-2H3. The molecule has 2 rings (SSSR count). The zero-order chi connectivity index (χ0) is 14.4. The van der Waals surface area contributed by atoms with Crippen molar-refractivity contribution in [3.63, 3.8) is 0 Å². The van der Waals surface area contributed by atoms with Crippen molar-refractivity contribution in [2.24, 2.45) is 0 Å². The molecular formula is C19H22O. The van der Waals surface area contributed by atoms with Gasteiger partial charge < -0.3 is 0 Å². The molecule has 0 amide bonds. The minimum Gasteiger partial charge on any atom is -0.298 e. The average Bonchev–Trinajstić information content (AvgIpc) is 2.51. The van der Waals surface area contributed by atoms with Crippen molar-refractivity contribution in [3.05, 3.63) is 71.8 Å². The SMILES string of the molecule is CCC(CC)(C(=O)Cc1ccccc1)c1ccccc1. The van der Waals surface area contributed by atoms with Gasteiger partial charge in [-0.05, 0) is 24.0 Å². The maximum atomic E-state index is 12.9. The highest BCUT2D eigenvalue weighted by molar-refractivity contribution is 5.91. The summed E-state index contributed by atoms with van der Waals surface area (Å²) in [5, 5.41) is 0. The Bertz CT molecular complexity index is 538. The van der Waals surface area contributed by atoms with Crippen LogP contribution in [0.25, 0.3) is 0 Å². The van der Waals surface area contributed by atoms with E-state index in [0.717, 1.165) is 24.0 Å². The molecule has 0 radical (unpaired) electrons. The summed E-state index contributed by atoms with van der Waals surface area (Å²) in [6.45, 7) is 4.22. The third-order valence-corrected chi connectivity index (χ3v) is 4.27. The molecule has 2 aromatic rings. The molecule has 104 valence electrons. The monoisotopic (exact) mass is 266 g/mol. The summed E-state index contributed by atoms with van der Waals surface area (Å²) in [5.74, 6) is 0.319. The molecule has 0 fully saturated rings. The van der Waals surface area contributed by atoms with E-state index in [4.69, 9.17) is 0 Å². The van der Waals surface area contributed by atoms with Gasteiger partial charge in [0.2, 0.25) is 0 Å². The first kappa shape index (κ1) is 14.5. The fourth-order valence-electron chi connectivity index (χ4n) is 2.92. The second kappa shape index (κ2) is 6.51. The van der Waals surface area contributed by atoms with Crippen molar-refractivity contribution in [1.82, 2.24) is 0 Å². The number of hydrogen-bond donors (Lipinski definition) is 0. The normalized spacial score (nSPS) is 11.3. The Morgan fingerprint density at radius 2 is 1.35 bits per heavy atom. The number of ketones is 1. The van der Waals surface area contributed by atoms with E-state index < -0.39 is 0 Å². The van der Waals surface area contributed by atoms with Crippen molar-refractivity contribution in [2.45, 2.75) is 38.5 Å². The lowest BCUT2D eigenvalue weighted by Gasteiger charge is -2.31. The number of carbonyl (C=O) groups is 1. The Morgan fingerprint density at radius 3 is 1.85 bits per heavy atom. The van der Waals surface area contributed by atoms with Crippen LogP contribution in [0.4, 0.5) is 0 Å². The minimum atomic E-state index is -0.350. The number of carbonyl (C=O) groups excluding carboxylic acids is 1. The van der Waals surface area contributed by atoms with Crippen LogP contribution >= 0.6 is 0 Å². The van der Waals surface area contributed by atoms with Gasteiger partial charge in [0.15, 0.2) is 0 Å². The fourth-order valence-corrected chi connectivity index (χ4v) is 2.92. The molecule has 20 heavy (non-hydrogen) atoms. The molecular weight excluding hydrogens is 244 g/mol. The largest absolute Gasteiger partial charge is 0.298 e. The van der Waals surface area contributed by atoms with Crippen LogP contribution in [-0.4, -0.2) is 5.78 Å². The number of Topliss-reactive ketones (excluding diaryl/α,β-unsaturated/α-hetero) is 1. The summed E-state index contributed by atoms with van der Waals surface area (Å²) in [7, 11) is 0. The number of hydrogen-bond acceptors (Lipinski definition) is 1. The van der Waals surface area contributed by atoms with Crippen LogP contribution in [-0.2, 0) is 16.6 Å². The molecule has 1 nitrogen and oxygen atoms in total. The van der Waals surface area contributed by atoms with Gasteiger partial charge in [-0.1, -0.05) is 74.5 Å². The first-order valence-corrected chi connectivity index (χ1v) is 7.35. The third-order valence-electron chi connectivity index (χ3n) is 4.27. The van der Waals surface area contributed by atoms with Gasteiger partial charge >= 0.3 is 0 Å². The topological polar surface area (TPSA) is 17.1 Å². The molecule has 0 aliphatic carbocycles. The first-order chi connectivity index (χ1) is 9.73. The van der Waals surface area contributed by atoms with Gasteiger partial charge in [0.25, 0.3) is 0 Å². The van der Waals surface area contributed by atoms with Gasteiger partial charge in [0.05, 0.1) is 5.41 Å². The van der Waals surface area contributed by atoms with Gasteiger partial charge in [-0.2, -0.15) is 0 Å². The summed E-state index contributed by atoms with van der Waals surface area (Å²) in [6, 6.07) is 20.2. The molecule has 1 heteroatoms. The highest BCUT2D eigenvalue weighted by Gasteiger charge is 2.35. The van der Waals surface area contributed by atoms with Crippen LogP contribution < -0.4 is 0 Å². The minimum absolute atomic E-state index is 0.319. The zero-order valence-corrected chi connectivity index (χ0v) is 12.3. The van der Waals surface area contributed by atoms with Gasteiger partial charge in [-0.15, -0.1) is 0 Å². The lowest BCUT2D eigenvalue weighted by atomic mass is 9.71. The Morgan fingerprint density at radius 1 is 0.850 bits per heavy atom. The van der Waals surface area contributed by atoms with E-state index in [1.54, 1.807) is 0 Å². The molecule has 2 aromatic carbocycles. The summed E-state index contributed by atoms with van der Waals surface area (Å²) < 4.78 is 0. The molecule has 0 saturated heterocycles. The van der Waals surface area contributed by atoms with E-state index in [-0.39, 0.29) is 5.41 Å². The third kappa shape index (κ3) is 2.82. The van der Waals surface area contributed by atoms with E-state index in [9.17, 15) is 4.79 Å². The summed E-state index contributed by atoms with van der Waals surface area (Å²) >= 11 is 0. The van der Waals surface area contributed by atoms with Crippen molar-refractivity contribution in [1.29, 1.82) is 0 Å². The van der Waals surface area contributed by atoms with Gasteiger partial charge in [0.1, 0.15) is 5.78 Å². The number of benzene rings is 2. The Hall–Kier alpha value is -1.89. The molecule has 0 bridgehead atoms. The highest BCUT2D eigenvalue weighted by Crippen LogP contribution is 2.33. The Kier molecular flexibility index (Phi) is 4.73. The van der Waals surface area contributed by atoms with E-state index in [0.29, 0.717) is 12.2 Å². The van der Waals surface area contributed by atoms with Gasteiger partial charge in [-0.3, -0.25) is 4.79 Å². The predicted molar refractivity (Wildman–Crippen MR) is 83.9 cm³/mol. The molecule has 0 heterocycles. The second-order valence-electron chi connectivity index (χ2n) is 5.24. The fraction of sp³-hybridized carbons (Fsp3) is 0.316. The van der Waals surface area contributed by atoms with Gasteiger partial charge in [-0.25, -0.2) is 0 Å². The molecule has 0 atom stereocenters. The van der Waals surface area contributed by atoms with E-state index in [1.165, 1.54) is 0 Å². The van der Waals surface area contributed by atoms with Crippen LogP contribution in [0.1, 0.15) is 37.8 Å². The predicted octanol–water partition coefficient (Wildman–Crippen LogP) is 4.56. The van der Waals surface area contributed by atoms with Crippen molar-refractivity contribution < 1.29 is 4.79 Å². The van der Waals surface area contributed by atoms with Crippen LogP contribution in [0.2, 0.25) is 0 Å². The van der Waals surface area contributed by atoms with Gasteiger partial charge in [0, 0.05) is 6.42 Å². The van der Waals surface area contributed by atoms with Crippen molar-refractivity contribution >= 4 is 5.78 Å². The zero-order valence-electron chi connectivity index (χ0n) is 12.3. The summed E-state index contributed by atoms with van der Waals surface area (Å²) in [6.07, 6.45) is 2.20. The van der Waals surface area contributed by atoms with Crippen LogP contribution in [0.3, 0.4) is 0 Å². The van der Waals surface area contributed by atoms with E-state index in [2.05, 4.69) is 26.0 Å². The summed E-state index contributed by atoms with van der Waals surface area (Å²) in [5.41, 5.74) is 1.89. The van der Waals surface area contributed by atoms with Crippen molar-refractivity contribution in [2.75, 3.05) is 0 Å².